The van der Waals surface area contributed by atoms with Gasteiger partial charge in [-0.15, -0.1) is 10.2 Å². The van der Waals surface area contributed by atoms with Crippen molar-refractivity contribution in [1.29, 1.82) is 0 Å². The molecule has 0 fully saturated rings. The maximum Gasteiger partial charge on any atom is 0.279 e. The van der Waals surface area contributed by atoms with Crippen LogP contribution in [0.3, 0.4) is 0 Å². The third kappa shape index (κ3) is 4.33. The molecule has 0 spiro atoms. The highest BCUT2D eigenvalue weighted by atomic mass is 32.2. The molecule has 1 heterocycles. The fourth-order valence-corrected chi connectivity index (χ4v) is 2.23. The van der Waals surface area contributed by atoms with Gasteiger partial charge in [-0.1, -0.05) is 0 Å². The monoisotopic (exact) mass is 276 g/mol. The third-order valence-corrected chi connectivity index (χ3v) is 4.04. The van der Waals surface area contributed by atoms with E-state index in [9.17, 15) is 8.42 Å². The van der Waals surface area contributed by atoms with E-state index in [0.717, 1.165) is 13.0 Å². The van der Waals surface area contributed by atoms with Gasteiger partial charge in [-0.3, -0.25) is 0 Å². The van der Waals surface area contributed by atoms with Crippen molar-refractivity contribution >= 4 is 10.2 Å². The van der Waals surface area contributed by atoms with Crippen molar-refractivity contribution < 1.29 is 8.42 Å². The van der Waals surface area contributed by atoms with Crippen molar-refractivity contribution in [3.63, 3.8) is 0 Å². The van der Waals surface area contributed by atoms with Crippen molar-refractivity contribution in [2.75, 3.05) is 27.2 Å². The van der Waals surface area contributed by atoms with Gasteiger partial charge < -0.3 is 9.88 Å². The zero-order chi connectivity index (χ0) is 13.6. The van der Waals surface area contributed by atoms with Gasteiger partial charge in [0.2, 0.25) is 0 Å². The van der Waals surface area contributed by atoms with Crippen LogP contribution in [0.15, 0.2) is 6.33 Å². The molecule has 0 aliphatic rings. The Hall–Kier alpha value is -1.03. The van der Waals surface area contributed by atoms with Crippen LogP contribution in [0.5, 0.6) is 0 Å². The number of aryl methyl sites for hydroxylation is 1. The second-order valence-electron chi connectivity index (χ2n) is 3.96. The molecule has 2 N–H and O–H groups in total. The summed E-state index contributed by atoms with van der Waals surface area (Å²) in [6.07, 6.45) is 2.29. The standard InChI is InChI=1S/C9H20N6O2S/c1-10-5-4-6-15(3)18(16,17)12-7-9-13-11-8-14(9)2/h8,10,12H,4-7H2,1-3H3. The van der Waals surface area contributed by atoms with Crippen LogP contribution in [0.4, 0.5) is 0 Å². The van der Waals surface area contributed by atoms with Crippen molar-refractivity contribution in [3.8, 4) is 0 Å². The van der Waals surface area contributed by atoms with Crippen LogP contribution in [0, 0.1) is 0 Å². The first-order valence-corrected chi connectivity index (χ1v) is 7.10. The molecule has 1 rings (SSSR count). The van der Waals surface area contributed by atoms with Gasteiger partial charge >= 0.3 is 0 Å². The van der Waals surface area contributed by atoms with E-state index in [1.807, 2.05) is 7.05 Å². The molecular weight excluding hydrogens is 256 g/mol. The Labute approximate surface area is 108 Å². The van der Waals surface area contributed by atoms with E-state index in [1.54, 1.807) is 18.7 Å². The molecule has 0 unspecified atom stereocenters. The van der Waals surface area contributed by atoms with Gasteiger partial charge in [0.1, 0.15) is 12.2 Å². The Bertz CT molecular complexity index is 457. The molecule has 0 aromatic carbocycles. The predicted molar refractivity (Wildman–Crippen MR) is 67.9 cm³/mol. The molecule has 1 aromatic heterocycles. The Balaban J connectivity index is 2.46. The van der Waals surface area contributed by atoms with Gasteiger partial charge in [0.25, 0.3) is 10.2 Å². The zero-order valence-corrected chi connectivity index (χ0v) is 11.7. The number of rotatable bonds is 8. The Morgan fingerprint density at radius 2 is 2.22 bits per heavy atom. The molecule has 9 heteroatoms. The maximum absolute atomic E-state index is 11.9. The molecule has 1 aromatic rings. The van der Waals surface area contributed by atoms with Crippen LogP contribution in [0.25, 0.3) is 0 Å². The number of nitrogens with zero attached hydrogens (tertiary/aromatic N) is 4. The minimum absolute atomic E-state index is 0.134. The zero-order valence-electron chi connectivity index (χ0n) is 10.9. The number of nitrogens with one attached hydrogen (secondary N) is 2. The molecule has 8 nitrogen and oxygen atoms in total. The summed E-state index contributed by atoms with van der Waals surface area (Å²) in [5.74, 6) is 0.571. The number of aromatic nitrogens is 3. The molecule has 18 heavy (non-hydrogen) atoms. The summed E-state index contributed by atoms with van der Waals surface area (Å²) in [6, 6.07) is 0. The predicted octanol–water partition coefficient (Wildman–Crippen LogP) is -1.31. The van der Waals surface area contributed by atoms with Crippen LogP contribution in [-0.4, -0.2) is 54.7 Å². The first-order chi connectivity index (χ1) is 8.47. The van der Waals surface area contributed by atoms with E-state index < -0.39 is 10.2 Å². The van der Waals surface area contributed by atoms with Gasteiger partial charge in [-0.2, -0.15) is 17.4 Å². The number of hydrogen-bond acceptors (Lipinski definition) is 5. The molecule has 0 bridgehead atoms. The van der Waals surface area contributed by atoms with E-state index in [-0.39, 0.29) is 6.54 Å². The Kier molecular flexibility index (Phi) is 5.66. The lowest BCUT2D eigenvalue weighted by Gasteiger charge is -2.17. The molecule has 104 valence electrons. The molecular formula is C9H20N6O2S. The summed E-state index contributed by atoms with van der Waals surface area (Å²) in [7, 11) is 1.69. The number of hydrogen-bond donors (Lipinski definition) is 2. The van der Waals surface area contributed by atoms with E-state index >= 15 is 0 Å². The first kappa shape index (κ1) is 15.0. The average molecular weight is 276 g/mol. The van der Waals surface area contributed by atoms with E-state index in [4.69, 9.17) is 0 Å². The Morgan fingerprint density at radius 1 is 1.50 bits per heavy atom. The summed E-state index contributed by atoms with van der Waals surface area (Å²) in [5, 5.41) is 10.5. The highest BCUT2D eigenvalue weighted by molar-refractivity contribution is 7.87. The SMILES string of the molecule is CNCCCN(C)S(=O)(=O)NCc1nncn1C. The lowest BCUT2D eigenvalue weighted by molar-refractivity contribution is 0.446. The second kappa shape index (κ2) is 6.78. The molecule has 0 atom stereocenters. The van der Waals surface area contributed by atoms with Crippen molar-refractivity contribution in [3.05, 3.63) is 12.2 Å². The van der Waals surface area contributed by atoms with Crippen molar-refractivity contribution in [2.45, 2.75) is 13.0 Å². The highest BCUT2D eigenvalue weighted by Crippen LogP contribution is 1.98. The third-order valence-electron chi connectivity index (χ3n) is 2.53. The van der Waals surface area contributed by atoms with Gasteiger partial charge in [-0.25, -0.2) is 0 Å². The fourth-order valence-electron chi connectivity index (χ4n) is 1.33. The van der Waals surface area contributed by atoms with Crippen LogP contribution < -0.4 is 10.0 Å². The molecule has 0 amide bonds. The van der Waals surface area contributed by atoms with E-state index in [0.29, 0.717) is 12.4 Å². The molecule has 0 saturated heterocycles. The summed E-state index contributed by atoms with van der Waals surface area (Å²) in [6.45, 7) is 1.38. The van der Waals surface area contributed by atoms with Crippen LogP contribution in [0.2, 0.25) is 0 Å². The molecule has 0 saturated carbocycles. The normalized spacial score (nSPS) is 12.2. The lowest BCUT2D eigenvalue weighted by atomic mass is 10.4. The minimum atomic E-state index is -3.46. The van der Waals surface area contributed by atoms with Crippen LogP contribution in [-0.2, 0) is 23.8 Å². The van der Waals surface area contributed by atoms with Gasteiger partial charge in [0, 0.05) is 20.6 Å². The van der Waals surface area contributed by atoms with Crippen molar-refractivity contribution in [2.24, 2.45) is 7.05 Å². The summed E-state index contributed by atoms with van der Waals surface area (Å²) >= 11 is 0. The minimum Gasteiger partial charge on any atom is -0.320 e. The lowest BCUT2D eigenvalue weighted by Crippen LogP contribution is -2.39. The molecule has 0 aliphatic heterocycles. The van der Waals surface area contributed by atoms with Crippen LogP contribution in [0.1, 0.15) is 12.2 Å². The second-order valence-corrected chi connectivity index (χ2v) is 5.83. The molecule has 0 aliphatic carbocycles. The Morgan fingerprint density at radius 3 is 2.78 bits per heavy atom. The van der Waals surface area contributed by atoms with E-state index in [2.05, 4.69) is 20.2 Å². The quantitative estimate of drug-likeness (QED) is 0.575. The van der Waals surface area contributed by atoms with Crippen LogP contribution >= 0.6 is 0 Å². The van der Waals surface area contributed by atoms with Crippen molar-refractivity contribution in [1.82, 2.24) is 29.1 Å². The summed E-state index contributed by atoms with van der Waals surface area (Å²) in [4.78, 5) is 0. The highest BCUT2D eigenvalue weighted by Gasteiger charge is 2.17. The fraction of sp³-hybridized carbons (Fsp3) is 0.778. The average Bonchev–Trinajstić information content (AvgIpc) is 2.72. The topological polar surface area (TPSA) is 92.2 Å². The van der Waals surface area contributed by atoms with Gasteiger partial charge in [-0.05, 0) is 20.0 Å². The van der Waals surface area contributed by atoms with E-state index in [1.165, 1.54) is 10.6 Å². The largest absolute Gasteiger partial charge is 0.320 e. The van der Waals surface area contributed by atoms with Gasteiger partial charge in [0.15, 0.2) is 0 Å². The maximum atomic E-state index is 11.9. The smallest absolute Gasteiger partial charge is 0.279 e. The summed E-state index contributed by atoms with van der Waals surface area (Å²) in [5.41, 5.74) is 0. The molecule has 0 radical (unpaired) electrons. The summed E-state index contributed by atoms with van der Waals surface area (Å²) < 4.78 is 29.2. The van der Waals surface area contributed by atoms with Gasteiger partial charge in [0.05, 0.1) is 6.54 Å². The first-order valence-electron chi connectivity index (χ1n) is 5.65.